The Morgan fingerprint density at radius 2 is 1.59 bits per heavy atom. The molecule has 0 radical (unpaired) electrons. The van der Waals surface area contributed by atoms with Crippen LogP contribution in [-0.4, -0.2) is 4.98 Å². The predicted octanol–water partition coefficient (Wildman–Crippen LogP) is 8.31. The highest BCUT2D eigenvalue weighted by Crippen LogP contribution is 2.39. The molecule has 0 aliphatic heterocycles. The molecule has 0 unspecified atom stereocenters. The van der Waals surface area contributed by atoms with E-state index in [0.717, 1.165) is 12.1 Å². The molecule has 0 amide bonds. The lowest BCUT2D eigenvalue weighted by molar-refractivity contribution is 0.413. The van der Waals surface area contributed by atoms with E-state index in [0.29, 0.717) is 0 Å². The van der Waals surface area contributed by atoms with Crippen LogP contribution >= 0.6 is 11.3 Å². The van der Waals surface area contributed by atoms with E-state index >= 15 is 0 Å². The molecule has 0 spiro atoms. The second-order valence-corrected chi connectivity index (χ2v) is 11.4. The molecule has 0 aliphatic carbocycles. The van der Waals surface area contributed by atoms with Crippen molar-refractivity contribution in [1.82, 2.24) is 4.98 Å². The predicted molar refractivity (Wildman–Crippen MR) is 129 cm³/mol. The minimum Gasteiger partial charge on any atom is -0.256 e. The smallest absolute Gasteiger partial charge is 0.0780 e. The summed E-state index contributed by atoms with van der Waals surface area (Å²) in [7, 11) is 0. The number of benzene rings is 2. The van der Waals surface area contributed by atoms with Gasteiger partial charge in [0.05, 0.1) is 5.69 Å². The van der Waals surface area contributed by atoms with Crippen LogP contribution in [0.15, 0.2) is 48.0 Å². The van der Waals surface area contributed by atoms with Crippen LogP contribution < -0.4 is 0 Å². The molecule has 1 nitrogen and oxygen atoms in total. The molecular formula is C27H31NS. The van der Waals surface area contributed by atoms with E-state index < -0.39 is 0 Å². The lowest BCUT2D eigenvalue weighted by Crippen LogP contribution is -2.11. The quantitative estimate of drug-likeness (QED) is 0.329. The second kappa shape index (κ2) is 6.95. The second-order valence-electron chi connectivity index (χ2n) is 10.5. The summed E-state index contributed by atoms with van der Waals surface area (Å²) in [5.41, 5.74) is 6.82. The van der Waals surface area contributed by atoms with E-state index in [1.54, 1.807) is 0 Å². The van der Waals surface area contributed by atoms with Crippen molar-refractivity contribution in [3.8, 4) is 11.3 Å². The molecule has 2 aromatic carbocycles. The van der Waals surface area contributed by atoms with Gasteiger partial charge < -0.3 is 0 Å². The number of aryl methyl sites for hydroxylation is 1. The molecule has 0 saturated heterocycles. The fraction of sp³-hybridized carbons (Fsp3) is 0.370. The Kier molecular flexibility index (Phi) is 4.82. The van der Waals surface area contributed by atoms with Crippen LogP contribution in [0.2, 0.25) is 0 Å². The van der Waals surface area contributed by atoms with Gasteiger partial charge in [-0.3, -0.25) is 4.98 Å². The molecule has 0 N–H and O–H groups in total. The molecule has 2 heterocycles. The van der Waals surface area contributed by atoms with Gasteiger partial charge in [0.2, 0.25) is 0 Å². The molecule has 0 bridgehead atoms. The minimum atomic E-state index is 0.119. The highest BCUT2D eigenvalue weighted by molar-refractivity contribution is 7.18. The molecule has 4 rings (SSSR count). The Bertz CT molecular complexity index is 1200. The van der Waals surface area contributed by atoms with Gasteiger partial charge in [-0.25, -0.2) is 0 Å². The Morgan fingerprint density at radius 1 is 0.862 bits per heavy atom. The van der Waals surface area contributed by atoms with Gasteiger partial charge in [0.1, 0.15) is 0 Å². The first-order chi connectivity index (χ1) is 13.5. The summed E-state index contributed by atoms with van der Waals surface area (Å²) >= 11 is 1.87. The molecule has 0 saturated carbocycles. The maximum Gasteiger partial charge on any atom is 0.0780 e. The molecule has 2 aromatic heterocycles. The van der Waals surface area contributed by atoms with Crippen LogP contribution in [0, 0.1) is 12.3 Å². The van der Waals surface area contributed by atoms with Gasteiger partial charge in [0.25, 0.3) is 0 Å². The minimum absolute atomic E-state index is 0.119. The number of fused-ring (bicyclic) bond motifs is 3. The van der Waals surface area contributed by atoms with Crippen LogP contribution in [0.1, 0.15) is 58.2 Å². The number of pyridine rings is 1. The van der Waals surface area contributed by atoms with Gasteiger partial charge in [0, 0.05) is 27.2 Å². The van der Waals surface area contributed by atoms with Gasteiger partial charge in [-0.05, 0) is 64.3 Å². The molecule has 0 fully saturated rings. The lowest BCUT2D eigenvalue weighted by Gasteiger charge is -2.21. The van der Waals surface area contributed by atoms with Crippen LogP contribution in [0.5, 0.6) is 0 Å². The molecule has 0 aliphatic rings. The summed E-state index contributed by atoms with van der Waals surface area (Å²) < 4.78 is 1.38. The average molecular weight is 402 g/mol. The van der Waals surface area contributed by atoms with Crippen molar-refractivity contribution in [2.75, 3.05) is 0 Å². The van der Waals surface area contributed by atoms with Crippen LogP contribution in [0.25, 0.3) is 32.1 Å². The molecule has 150 valence electrons. The standard InChI is InChI=1S/C27H31NS/c1-17-12-18(14-20(13-17)27(5,6)7)24-22-9-8-21-19(15-26(2,3)4)16-29-25(21)23(22)10-11-28-24/h8-14,16H,15H2,1-7H3. The Balaban J connectivity index is 1.92. The Labute approximate surface area is 178 Å². The van der Waals surface area contributed by atoms with Crippen molar-refractivity contribution in [1.29, 1.82) is 0 Å². The van der Waals surface area contributed by atoms with Crippen molar-refractivity contribution in [2.24, 2.45) is 5.41 Å². The zero-order valence-corrected chi connectivity index (χ0v) is 19.5. The summed E-state index contributed by atoms with van der Waals surface area (Å²) in [6.45, 7) is 15.9. The van der Waals surface area contributed by atoms with Gasteiger partial charge >= 0.3 is 0 Å². The Morgan fingerprint density at radius 3 is 2.28 bits per heavy atom. The monoisotopic (exact) mass is 401 g/mol. The van der Waals surface area contributed by atoms with Crippen molar-refractivity contribution >= 4 is 32.2 Å². The number of hydrogen-bond acceptors (Lipinski definition) is 2. The van der Waals surface area contributed by atoms with E-state index in [9.17, 15) is 0 Å². The molecule has 2 heteroatoms. The first-order valence-corrected chi connectivity index (χ1v) is 11.3. The van der Waals surface area contributed by atoms with Gasteiger partial charge in [-0.1, -0.05) is 65.3 Å². The zero-order chi connectivity index (χ0) is 21.0. The third-order valence-electron chi connectivity index (χ3n) is 5.50. The highest BCUT2D eigenvalue weighted by atomic mass is 32.1. The van der Waals surface area contributed by atoms with Crippen molar-refractivity contribution in [3.05, 3.63) is 64.7 Å². The van der Waals surface area contributed by atoms with Gasteiger partial charge in [0.15, 0.2) is 0 Å². The average Bonchev–Trinajstić information content (AvgIpc) is 3.01. The molecule has 29 heavy (non-hydrogen) atoms. The van der Waals surface area contributed by atoms with Crippen molar-refractivity contribution < 1.29 is 0 Å². The maximum atomic E-state index is 4.82. The SMILES string of the molecule is Cc1cc(-c2nccc3c2ccc2c(CC(C)(C)C)csc23)cc(C(C)(C)C)c1. The van der Waals surface area contributed by atoms with E-state index in [2.05, 4.69) is 90.2 Å². The number of nitrogens with zero attached hydrogens (tertiary/aromatic N) is 1. The molecule has 0 atom stereocenters. The number of aromatic nitrogens is 1. The third-order valence-corrected chi connectivity index (χ3v) is 6.58. The topological polar surface area (TPSA) is 12.9 Å². The third kappa shape index (κ3) is 3.96. The van der Waals surface area contributed by atoms with Gasteiger partial charge in [-0.2, -0.15) is 0 Å². The normalized spacial score (nSPS) is 12.8. The first-order valence-electron chi connectivity index (χ1n) is 10.4. The van der Waals surface area contributed by atoms with Crippen LogP contribution in [-0.2, 0) is 11.8 Å². The maximum absolute atomic E-state index is 4.82. The van der Waals surface area contributed by atoms with E-state index in [-0.39, 0.29) is 10.8 Å². The lowest BCUT2D eigenvalue weighted by atomic mass is 9.84. The Hall–Kier alpha value is -2.19. The molecule has 4 aromatic rings. The number of hydrogen-bond donors (Lipinski definition) is 0. The number of rotatable bonds is 2. The van der Waals surface area contributed by atoms with E-state index in [4.69, 9.17) is 4.98 Å². The van der Waals surface area contributed by atoms with Crippen LogP contribution in [0.3, 0.4) is 0 Å². The van der Waals surface area contributed by atoms with Crippen LogP contribution in [0.4, 0.5) is 0 Å². The van der Waals surface area contributed by atoms with E-state index in [1.165, 1.54) is 43.1 Å². The van der Waals surface area contributed by atoms with E-state index in [1.807, 2.05) is 17.5 Å². The fourth-order valence-electron chi connectivity index (χ4n) is 4.09. The first kappa shape index (κ1) is 20.1. The largest absolute Gasteiger partial charge is 0.256 e. The molecular weight excluding hydrogens is 370 g/mol. The summed E-state index contributed by atoms with van der Waals surface area (Å²) in [5.74, 6) is 0. The summed E-state index contributed by atoms with van der Waals surface area (Å²) in [6.07, 6.45) is 3.07. The zero-order valence-electron chi connectivity index (χ0n) is 18.7. The summed E-state index contributed by atoms with van der Waals surface area (Å²) in [4.78, 5) is 4.82. The highest BCUT2D eigenvalue weighted by Gasteiger charge is 2.18. The van der Waals surface area contributed by atoms with Crippen molar-refractivity contribution in [3.63, 3.8) is 0 Å². The fourth-order valence-corrected chi connectivity index (χ4v) is 5.19. The van der Waals surface area contributed by atoms with Crippen molar-refractivity contribution in [2.45, 2.75) is 60.3 Å². The summed E-state index contributed by atoms with van der Waals surface area (Å²) in [6, 6.07) is 13.6. The number of thiophene rings is 1. The summed E-state index contributed by atoms with van der Waals surface area (Å²) in [5, 5.41) is 6.31. The van der Waals surface area contributed by atoms with Gasteiger partial charge in [-0.15, -0.1) is 11.3 Å².